The Morgan fingerprint density at radius 3 is 2.55 bits per heavy atom. The molecule has 108 valence electrons. The number of aliphatic hydroxyl groups is 1. The van der Waals surface area contributed by atoms with Crippen LogP contribution in [0.5, 0.6) is 0 Å². The monoisotopic (exact) mass is 297 g/mol. The standard InChI is InChI=1S/C14H16ClNO4/c15-10-4-1-3-9(7-10)14(5-2-6-14)13(20)16-11(8-17)12(18)19/h1,3-4,7,11,17H,2,5-6,8H2,(H,16,20)(H,18,19)/t11-/m0/s1. The van der Waals surface area contributed by atoms with Gasteiger partial charge in [0.25, 0.3) is 0 Å². The molecule has 1 atom stereocenters. The number of amides is 1. The van der Waals surface area contributed by atoms with E-state index in [2.05, 4.69) is 5.32 Å². The van der Waals surface area contributed by atoms with Crippen LogP contribution in [0.2, 0.25) is 5.02 Å². The number of hydrogen-bond acceptors (Lipinski definition) is 3. The lowest BCUT2D eigenvalue weighted by Gasteiger charge is -2.41. The minimum atomic E-state index is -1.28. The third kappa shape index (κ3) is 2.64. The third-order valence-corrected chi connectivity index (χ3v) is 4.04. The molecule has 0 aliphatic heterocycles. The molecule has 1 aliphatic rings. The van der Waals surface area contributed by atoms with Crippen LogP contribution in [-0.2, 0) is 15.0 Å². The molecule has 3 N–H and O–H groups in total. The molecule has 6 heteroatoms. The van der Waals surface area contributed by atoms with E-state index >= 15 is 0 Å². The summed E-state index contributed by atoms with van der Waals surface area (Å²) in [6.45, 7) is -0.632. The quantitative estimate of drug-likeness (QED) is 0.765. The van der Waals surface area contributed by atoms with Crippen LogP contribution in [0.25, 0.3) is 0 Å². The maximum absolute atomic E-state index is 12.4. The van der Waals surface area contributed by atoms with Crippen molar-refractivity contribution in [2.45, 2.75) is 30.7 Å². The van der Waals surface area contributed by atoms with E-state index in [0.29, 0.717) is 17.9 Å². The van der Waals surface area contributed by atoms with Gasteiger partial charge in [-0.1, -0.05) is 30.2 Å². The molecule has 0 saturated heterocycles. The van der Waals surface area contributed by atoms with Crippen molar-refractivity contribution >= 4 is 23.5 Å². The highest BCUT2D eigenvalue weighted by Gasteiger charge is 2.46. The number of carboxylic acids is 1. The first kappa shape index (κ1) is 14.8. The zero-order valence-electron chi connectivity index (χ0n) is 10.8. The lowest BCUT2D eigenvalue weighted by Crippen LogP contribution is -2.54. The first-order valence-electron chi connectivity index (χ1n) is 6.40. The summed E-state index contributed by atoms with van der Waals surface area (Å²) in [5, 5.41) is 20.8. The van der Waals surface area contributed by atoms with Gasteiger partial charge in [0.05, 0.1) is 12.0 Å². The molecule has 1 aromatic rings. The first-order chi connectivity index (χ1) is 9.49. The molecule has 1 fully saturated rings. The van der Waals surface area contributed by atoms with Gasteiger partial charge in [-0.25, -0.2) is 4.79 Å². The second kappa shape index (κ2) is 5.81. The number of carbonyl (C=O) groups excluding carboxylic acids is 1. The van der Waals surface area contributed by atoms with E-state index in [-0.39, 0.29) is 5.91 Å². The first-order valence-corrected chi connectivity index (χ1v) is 6.78. The smallest absolute Gasteiger partial charge is 0.328 e. The summed E-state index contributed by atoms with van der Waals surface area (Å²) in [6, 6.07) is 5.77. The molecule has 5 nitrogen and oxygen atoms in total. The largest absolute Gasteiger partial charge is 0.480 e. The maximum atomic E-state index is 12.4. The Labute approximate surface area is 121 Å². The number of halogens is 1. The molecular formula is C14H16ClNO4. The van der Waals surface area contributed by atoms with Crippen molar-refractivity contribution in [1.82, 2.24) is 5.32 Å². The van der Waals surface area contributed by atoms with Gasteiger partial charge in [0.15, 0.2) is 0 Å². The van der Waals surface area contributed by atoms with Crippen molar-refractivity contribution in [3.8, 4) is 0 Å². The summed E-state index contributed by atoms with van der Waals surface area (Å²) in [7, 11) is 0. The van der Waals surface area contributed by atoms with Gasteiger partial charge in [0.1, 0.15) is 6.04 Å². The van der Waals surface area contributed by atoms with Crippen LogP contribution in [0.15, 0.2) is 24.3 Å². The highest BCUT2D eigenvalue weighted by Crippen LogP contribution is 2.44. The second-order valence-corrected chi connectivity index (χ2v) is 5.43. The van der Waals surface area contributed by atoms with E-state index in [0.717, 1.165) is 12.0 Å². The molecule has 0 aromatic heterocycles. The minimum absolute atomic E-state index is 0.368. The summed E-state index contributed by atoms with van der Waals surface area (Å²) in [5.74, 6) is -1.62. The van der Waals surface area contributed by atoms with Crippen molar-refractivity contribution in [1.29, 1.82) is 0 Å². The minimum Gasteiger partial charge on any atom is -0.480 e. The van der Waals surface area contributed by atoms with E-state index in [1.54, 1.807) is 18.2 Å². The number of rotatable bonds is 5. The Kier molecular flexibility index (Phi) is 4.30. The summed E-state index contributed by atoms with van der Waals surface area (Å²) < 4.78 is 0. The normalized spacial score (nSPS) is 17.9. The van der Waals surface area contributed by atoms with Gasteiger partial charge in [-0.05, 0) is 30.5 Å². The summed E-state index contributed by atoms with van der Waals surface area (Å²) in [4.78, 5) is 23.3. The van der Waals surface area contributed by atoms with Crippen molar-refractivity contribution in [2.24, 2.45) is 0 Å². The molecule has 1 saturated carbocycles. The maximum Gasteiger partial charge on any atom is 0.328 e. The van der Waals surface area contributed by atoms with E-state index in [1.165, 1.54) is 0 Å². The van der Waals surface area contributed by atoms with Crippen LogP contribution >= 0.6 is 11.6 Å². The van der Waals surface area contributed by atoms with Crippen molar-refractivity contribution in [2.75, 3.05) is 6.61 Å². The number of aliphatic carboxylic acids is 1. The molecule has 0 spiro atoms. The fraction of sp³-hybridized carbons (Fsp3) is 0.429. The Hall–Kier alpha value is -1.59. The Bertz CT molecular complexity index is 528. The highest BCUT2D eigenvalue weighted by atomic mass is 35.5. The molecule has 0 bridgehead atoms. The van der Waals surface area contributed by atoms with Gasteiger partial charge in [-0.15, -0.1) is 0 Å². The lowest BCUT2D eigenvalue weighted by molar-refractivity contribution is -0.144. The fourth-order valence-corrected chi connectivity index (χ4v) is 2.64. The molecular weight excluding hydrogens is 282 g/mol. The van der Waals surface area contributed by atoms with Gasteiger partial charge in [-0.3, -0.25) is 4.79 Å². The lowest BCUT2D eigenvalue weighted by atomic mass is 9.63. The average Bonchev–Trinajstić information content (AvgIpc) is 2.34. The average molecular weight is 298 g/mol. The number of hydrogen-bond donors (Lipinski definition) is 3. The zero-order valence-corrected chi connectivity index (χ0v) is 11.6. The van der Waals surface area contributed by atoms with Crippen LogP contribution in [0.3, 0.4) is 0 Å². The molecule has 20 heavy (non-hydrogen) atoms. The zero-order chi connectivity index (χ0) is 14.8. The molecule has 1 aromatic carbocycles. The van der Waals surface area contributed by atoms with Gasteiger partial charge in [-0.2, -0.15) is 0 Å². The van der Waals surface area contributed by atoms with Crippen LogP contribution in [-0.4, -0.2) is 34.7 Å². The Balaban J connectivity index is 2.23. The predicted octanol–water partition coefficient (Wildman–Crippen LogP) is 1.32. The molecule has 1 amide bonds. The number of carboxylic acid groups (broad SMARTS) is 1. The number of nitrogens with one attached hydrogen (secondary N) is 1. The summed E-state index contributed by atoms with van der Waals surface area (Å²) in [5.41, 5.74) is 0.0594. The number of aliphatic hydroxyl groups excluding tert-OH is 1. The van der Waals surface area contributed by atoms with Crippen LogP contribution in [0.4, 0.5) is 0 Å². The fourth-order valence-electron chi connectivity index (χ4n) is 2.45. The van der Waals surface area contributed by atoms with Crippen molar-refractivity contribution in [3.63, 3.8) is 0 Å². The summed E-state index contributed by atoms with van der Waals surface area (Å²) in [6.07, 6.45) is 2.20. The Morgan fingerprint density at radius 2 is 2.10 bits per heavy atom. The van der Waals surface area contributed by atoms with Crippen LogP contribution in [0, 0.1) is 0 Å². The summed E-state index contributed by atoms with van der Waals surface area (Å²) >= 11 is 5.95. The van der Waals surface area contributed by atoms with E-state index in [9.17, 15) is 9.59 Å². The molecule has 1 aliphatic carbocycles. The van der Waals surface area contributed by atoms with E-state index in [1.807, 2.05) is 6.07 Å². The topological polar surface area (TPSA) is 86.6 Å². The predicted molar refractivity (Wildman–Crippen MR) is 73.6 cm³/mol. The molecule has 0 radical (unpaired) electrons. The number of carbonyl (C=O) groups is 2. The van der Waals surface area contributed by atoms with Gasteiger partial charge in [0, 0.05) is 5.02 Å². The van der Waals surface area contributed by atoms with Crippen LogP contribution < -0.4 is 5.32 Å². The van der Waals surface area contributed by atoms with E-state index in [4.69, 9.17) is 21.8 Å². The third-order valence-electron chi connectivity index (χ3n) is 3.80. The Morgan fingerprint density at radius 1 is 1.40 bits per heavy atom. The molecule has 2 rings (SSSR count). The SMILES string of the molecule is O=C(O)[C@H](CO)NC(=O)C1(c2cccc(Cl)c2)CCC1. The highest BCUT2D eigenvalue weighted by molar-refractivity contribution is 6.30. The van der Waals surface area contributed by atoms with E-state index < -0.39 is 24.0 Å². The van der Waals surface area contributed by atoms with Gasteiger partial charge in [0.2, 0.25) is 5.91 Å². The second-order valence-electron chi connectivity index (χ2n) is 4.99. The van der Waals surface area contributed by atoms with Gasteiger partial charge >= 0.3 is 5.97 Å². The molecule has 0 heterocycles. The van der Waals surface area contributed by atoms with Gasteiger partial charge < -0.3 is 15.5 Å². The van der Waals surface area contributed by atoms with Crippen molar-refractivity contribution < 1.29 is 19.8 Å². The van der Waals surface area contributed by atoms with Crippen molar-refractivity contribution in [3.05, 3.63) is 34.9 Å². The molecule has 0 unspecified atom stereocenters. The van der Waals surface area contributed by atoms with Crippen LogP contribution in [0.1, 0.15) is 24.8 Å². The number of benzene rings is 1.